The van der Waals surface area contributed by atoms with E-state index in [-0.39, 0.29) is 6.10 Å². The minimum atomic E-state index is -0.342. The van der Waals surface area contributed by atoms with E-state index in [1.165, 1.54) is 0 Å². The van der Waals surface area contributed by atoms with Gasteiger partial charge < -0.3 is 10.4 Å². The van der Waals surface area contributed by atoms with Crippen LogP contribution in [0.5, 0.6) is 0 Å². The number of halogens is 2. The molecule has 0 aliphatic carbocycles. The molecule has 1 unspecified atom stereocenters. The van der Waals surface area contributed by atoms with E-state index in [9.17, 15) is 0 Å². The van der Waals surface area contributed by atoms with Gasteiger partial charge >= 0.3 is 0 Å². The van der Waals surface area contributed by atoms with E-state index in [0.717, 1.165) is 14.6 Å². The van der Waals surface area contributed by atoms with E-state index in [2.05, 4.69) is 37.2 Å². The van der Waals surface area contributed by atoms with Crippen LogP contribution in [0.15, 0.2) is 27.1 Å². The number of nitrogens with one attached hydrogen (secondary N) is 1. The fourth-order valence-electron chi connectivity index (χ4n) is 0.891. The molecule has 2 nitrogen and oxygen atoms in total. The van der Waals surface area contributed by atoms with Gasteiger partial charge in [-0.25, -0.2) is 0 Å². The van der Waals surface area contributed by atoms with Crippen LogP contribution in [0.1, 0.15) is 6.92 Å². The highest BCUT2D eigenvalue weighted by Gasteiger charge is 2.01. The number of hydrogen-bond donors (Lipinski definition) is 2. The number of anilines is 1. The van der Waals surface area contributed by atoms with E-state index in [1.54, 1.807) is 6.92 Å². The molecule has 0 heterocycles. The summed E-state index contributed by atoms with van der Waals surface area (Å²) in [6.07, 6.45) is -0.342. The van der Waals surface area contributed by atoms with Crippen molar-refractivity contribution in [3.63, 3.8) is 0 Å². The molecule has 4 heteroatoms. The van der Waals surface area contributed by atoms with E-state index >= 15 is 0 Å². The van der Waals surface area contributed by atoms with Crippen molar-refractivity contribution in [1.82, 2.24) is 0 Å². The molecule has 0 aromatic heterocycles. The van der Waals surface area contributed by atoms with Gasteiger partial charge in [-0.05, 0) is 41.1 Å². The molecule has 0 aliphatic heterocycles. The van der Waals surface area contributed by atoms with Crippen molar-refractivity contribution in [3.8, 4) is 0 Å². The highest BCUT2D eigenvalue weighted by Crippen LogP contribution is 2.25. The smallest absolute Gasteiger partial charge is 0.0684 e. The second-order valence-corrected chi connectivity index (χ2v) is 4.62. The third-order valence-electron chi connectivity index (χ3n) is 1.52. The molecule has 0 saturated carbocycles. The number of benzene rings is 1. The van der Waals surface area contributed by atoms with Gasteiger partial charge in [-0.15, -0.1) is 0 Å². The molecule has 72 valence electrons. The molecule has 0 bridgehead atoms. The molecule has 1 rings (SSSR count). The minimum absolute atomic E-state index is 0.342. The van der Waals surface area contributed by atoms with Crippen molar-refractivity contribution in [1.29, 1.82) is 0 Å². The van der Waals surface area contributed by atoms with Gasteiger partial charge in [-0.3, -0.25) is 0 Å². The van der Waals surface area contributed by atoms with E-state index in [1.807, 2.05) is 18.2 Å². The summed E-state index contributed by atoms with van der Waals surface area (Å²) in [7, 11) is 0. The van der Waals surface area contributed by atoms with E-state index < -0.39 is 0 Å². The number of hydrogen-bond acceptors (Lipinski definition) is 2. The third kappa shape index (κ3) is 3.67. The summed E-state index contributed by atoms with van der Waals surface area (Å²) >= 11 is 6.80. The molecular weight excluding hydrogens is 298 g/mol. The molecule has 2 N–H and O–H groups in total. The molecule has 0 aliphatic rings. The summed E-state index contributed by atoms with van der Waals surface area (Å²) < 4.78 is 2.01. The lowest BCUT2D eigenvalue weighted by Crippen LogP contribution is -2.15. The second-order valence-electron chi connectivity index (χ2n) is 2.85. The summed E-state index contributed by atoms with van der Waals surface area (Å²) in [6.45, 7) is 2.30. The van der Waals surface area contributed by atoms with Crippen LogP contribution in [0.2, 0.25) is 0 Å². The zero-order chi connectivity index (χ0) is 9.84. The first kappa shape index (κ1) is 11.0. The van der Waals surface area contributed by atoms with Crippen molar-refractivity contribution in [2.45, 2.75) is 13.0 Å². The summed E-state index contributed by atoms with van der Waals surface area (Å²) in [4.78, 5) is 0. The van der Waals surface area contributed by atoms with Crippen LogP contribution in [-0.2, 0) is 0 Å². The Bertz CT molecular complexity index is 289. The zero-order valence-corrected chi connectivity index (χ0v) is 10.4. The molecular formula is C9H11Br2NO. The first-order valence-corrected chi connectivity index (χ1v) is 5.55. The van der Waals surface area contributed by atoms with Crippen LogP contribution >= 0.6 is 31.9 Å². The third-order valence-corrected chi connectivity index (χ3v) is 2.70. The maximum atomic E-state index is 9.08. The summed E-state index contributed by atoms with van der Waals surface area (Å²) in [6, 6.07) is 5.87. The Labute approximate surface area is 94.6 Å². The molecule has 1 aromatic carbocycles. The first-order valence-electron chi connectivity index (χ1n) is 3.96. The maximum absolute atomic E-state index is 9.08. The first-order chi connectivity index (χ1) is 6.09. The zero-order valence-electron chi connectivity index (χ0n) is 7.22. The standard InChI is InChI=1S/C9H11Br2NO/c1-6(13)5-12-9-4-7(10)2-3-8(9)11/h2-4,6,12-13H,5H2,1H3. The van der Waals surface area contributed by atoms with Crippen molar-refractivity contribution in [2.75, 3.05) is 11.9 Å². The molecule has 0 radical (unpaired) electrons. The summed E-state index contributed by atoms with van der Waals surface area (Å²) in [5.74, 6) is 0. The Morgan fingerprint density at radius 3 is 2.77 bits per heavy atom. The van der Waals surface area contributed by atoms with Crippen LogP contribution in [0.4, 0.5) is 5.69 Å². The fourth-order valence-corrected chi connectivity index (χ4v) is 1.64. The largest absolute Gasteiger partial charge is 0.392 e. The van der Waals surface area contributed by atoms with Crippen LogP contribution in [0.3, 0.4) is 0 Å². The molecule has 1 aromatic rings. The van der Waals surface area contributed by atoms with Crippen molar-refractivity contribution < 1.29 is 5.11 Å². The minimum Gasteiger partial charge on any atom is -0.392 e. The van der Waals surface area contributed by atoms with Gasteiger partial charge in [0, 0.05) is 21.2 Å². The lowest BCUT2D eigenvalue weighted by Gasteiger charge is -2.10. The van der Waals surface area contributed by atoms with Crippen LogP contribution in [0, 0.1) is 0 Å². The van der Waals surface area contributed by atoms with Gasteiger partial charge in [-0.1, -0.05) is 15.9 Å². The number of aliphatic hydroxyl groups excluding tert-OH is 1. The summed E-state index contributed by atoms with van der Waals surface area (Å²) in [5.41, 5.74) is 0.982. The Morgan fingerprint density at radius 2 is 2.15 bits per heavy atom. The predicted octanol–water partition coefficient (Wildman–Crippen LogP) is 3.00. The Morgan fingerprint density at radius 1 is 1.46 bits per heavy atom. The molecule has 1 atom stereocenters. The molecule has 0 fully saturated rings. The Hall–Kier alpha value is -0.0600. The van der Waals surface area contributed by atoms with Gasteiger partial charge in [0.2, 0.25) is 0 Å². The van der Waals surface area contributed by atoms with Crippen LogP contribution in [-0.4, -0.2) is 17.8 Å². The maximum Gasteiger partial charge on any atom is 0.0684 e. The average molecular weight is 309 g/mol. The lowest BCUT2D eigenvalue weighted by atomic mass is 10.3. The van der Waals surface area contributed by atoms with Gasteiger partial charge in [-0.2, -0.15) is 0 Å². The number of aliphatic hydroxyl groups is 1. The fraction of sp³-hybridized carbons (Fsp3) is 0.333. The van der Waals surface area contributed by atoms with Crippen molar-refractivity contribution in [3.05, 3.63) is 27.1 Å². The molecule has 13 heavy (non-hydrogen) atoms. The topological polar surface area (TPSA) is 32.3 Å². The van der Waals surface area contributed by atoms with Crippen LogP contribution in [0.25, 0.3) is 0 Å². The highest BCUT2D eigenvalue weighted by molar-refractivity contribution is 9.11. The van der Waals surface area contributed by atoms with Gasteiger partial charge in [0.15, 0.2) is 0 Å². The molecule has 0 amide bonds. The molecule has 0 saturated heterocycles. The predicted molar refractivity (Wildman–Crippen MR) is 62.0 cm³/mol. The van der Waals surface area contributed by atoms with Gasteiger partial charge in [0.25, 0.3) is 0 Å². The Kier molecular flexibility index (Phi) is 4.22. The quantitative estimate of drug-likeness (QED) is 0.899. The molecule has 0 spiro atoms. The van der Waals surface area contributed by atoms with Crippen molar-refractivity contribution in [2.24, 2.45) is 0 Å². The van der Waals surface area contributed by atoms with E-state index in [4.69, 9.17) is 5.11 Å². The van der Waals surface area contributed by atoms with E-state index in [0.29, 0.717) is 6.54 Å². The number of rotatable bonds is 3. The lowest BCUT2D eigenvalue weighted by molar-refractivity contribution is 0.208. The summed E-state index contributed by atoms with van der Waals surface area (Å²) in [5, 5.41) is 12.2. The monoisotopic (exact) mass is 307 g/mol. The second kappa shape index (κ2) is 4.98. The normalized spacial score (nSPS) is 12.6. The average Bonchev–Trinajstić information content (AvgIpc) is 2.06. The van der Waals surface area contributed by atoms with Gasteiger partial charge in [0.05, 0.1) is 6.10 Å². The SMILES string of the molecule is CC(O)CNc1cc(Br)ccc1Br. The highest BCUT2D eigenvalue weighted by atomic mass is 79.9. The van der Waals surface area contributed by atoms with Crippen LogP contribution < -0.4 is 5.32 Å². The van der Waals surface area contributed by atoms with Crippen molar-refractivity contribution >= 4 is 37.5 Å². The Balaban J connectivity index is 2.70. The van der Waals surface area contributed by atoms with Gasteiger partial charge in [0.1, 0.15) is 0 Å².